The molecule has 2 N–H and O–H groups in total. The second kappa shape index (κ2) is 4.41. The molecular formula is C10H9O4. The third-order valence-corrected chi connectivity index (χ3v) is 1.62. The highest BCUT2D eigenvalue weighted by atomic mass is 16.4. The quantitative estimate of drug-likeness (QED) is 0.739. The zero-order valence-electron chi connectivity index (χ0n) is 7.36. The van der Waals surface area contributed by atoms with E-state index in [0.29, 0.717) is 11.1 Å². The molecule has 0 fully saturated rings. The van der Waals surface area contributed by atoms with Crippen LogP contribution >= 0.6 is 0 Å². The maximum Gasteiger partial charge on any atom is 0.307 e. The largest absolute Gasteiger partial charge is 0.481 e. The van der Waals surface area contributed by atoms with Gasteiger partial charge in [0, 0.05) is 0 Å². The van der Waals surface area contributed by atoms with Crippen molar-refractivity contribution in [2.24, 2.45) is 0 Å². The summed E-state index contributed by atoms with van der Waals surface area (Å²) in [5.41, 5.74) is 1.09. The number of benzene rings is 1. The Morgan fingerprint density at radius 2 is 1.86 bits per heavy atom. The topological polar surface area (TPSA) is 74.6 Å². The lowest BCUT2D eigenvalue weighted by molar-refractivity contribution is -0.137. The Morgan fingerprint density at radius 1 is 1.21 bits per heavy atom. The first-order chi connectivity index (χ1) is 6.58. The zero-order chi connectivity index (χ0) is 10.6. The fraction of sp³-hybridized carbons (Fsp3) is 0.200. The zero-order valence-corrected chi connectivity index (χ0v) is 7.36. The molecule has 0 saturated carbocycles. The molecule has 0 aliphatic heterocycles. The summed E-state index contributed by atoms with van der Waals surface area (Å²) >= 11 is 0. The lowest BCUT2D eigenvalue weighted by Crippen LogP contribution is -2.03. The minimum Gasteiger partial charge on any atom is -0.481 e. The maximum absolute atomic E-state index is 10.4. The number of rotatable bonds is 4. The number of carbonyl (C=O) groups is 2. The molecule has 0 heterocycles. The molecule has 0 aromatic heterocycles. The van der Waals surface area contributed by atoms with Gasteiger partial charge in [-0.15, -0.1) is 0 Å². The molecule has 4 heteroatoms. The molecule has 0 unspecified atom stereocenters. The van der Waals surface area contributed by atoms with Crippen molar-refractivity contribution < 1.29 is 19.8 Å². The normalized spacial score (nSPS) is 9.71. The van der Waals surface area contributed by atoms with Crippen LogP contribution in [0.2, 0.25) is 0 Å². The van der Waals surface area contributed by atoms with Crippen molar-refractivity contribution in [3.63, 3.8) is 0 Å². The van der Waals surface area contributed by atoms with Gasteiger partial charge >= 0.3 is 11.9 Å². The summed E-state index contributed by atoms with van der Waals surface area (Å²) in [7, 11) is 0. The summed E-state index contributed by atoms with van der Waals surface area (Å²) in [6.07, 6.45) is -0.227. The number of carboxylic acid groups (broad SMARTS) is 2. The molecule has 4 nitrogen and oxygen atoms in total. The van der Waals surface area contributed by atoms with Crippen LogP contribution in [-0.2, 0) is 22.4 Å². The van der Waals surface area contributed by atoms with E-state index in [0.717, 1.165) is 0 Å². The van der Waals surface area contributed by atoms with E-state index in [2.05, 4.69) is 6.07 Å². The Hall–Kier alpha value is -1.84. The fourth-order valence-electron chi connectivity index (χ4n) is 1.12. The van der Waals surface area contributed by atoms with Crippen molar-refractivity contribution in [3.8, 4) is 0 Å². The molecular weight excluding hydrogens is 184 g/mol. The standard InChI is InChI=1S/C10H9O4/c11-9(12)5-7-2-1-3-8(4-7)6-10(13)14/h1-2,4H,5-6H2,(H,11,12)(H,13,14). The molecule has 0 aliphatic rings. The van der Waals surface area contributed by atoms with Gasteiger partial charge < -0.3 is 10.2 Å². The highest BCUT2D eigenvalue weighted by Crippen LogP contribution is 2.06. The predicted octanol–water partition coefficient (Wildman–Crippen LogP) is 0.741. The van der Waals surface area contributed by atoms with Gasteiger partial charge in [0.1, 0.15) is 0 Å². The second-order valence-corrected chi connectivity index (χ2v) is 2.86. The molecule has 0 aliphatic carbocycles. The molecule has 0 bridgehead atoms. The van der Waals surface area contributed by atoms with Gasteiger partial charge in [-0.1, -0.05) is 18.2 Å². The lowest BCUT2D eigenvalue weighted by atomic mass is 10.1. The van der Waals surface area contributed by atoms with Crippen LogP contribution in [-0.4, -0.2) is 22.2 Å². The van der Waals surface area contributed by atoms with Crippen molar-refractivity contribution >= 4 is 11.9 Å². The lowest BCUT2D eigenvalue weighted by Gasteiger charge is -1.99. The fourth-order valence-corrected chi connectivity index (χ4v) is 1.12. The summed E-state index contributed by atoms with van der Waals surface area (Å²) in [6.45, 7) is 0. The van der Waals surface area contributed by atoms with E-state index in [4.69, 9.17) is 10.2 Å². The van der Waals surface area contributed by atoms with Gasteiger partial charge in [-0.05, 0) is 17.2 Å². The van der Waals surface area contributed by atoms with Crippen LogP contribution < -0.4 is 0 Å². The van der Waals surface area contributed by atoms with Crippen molar-refractivity contribution in [1.82, 2.24) is 0 Å². The minimum atomic E-state index is -0.950. The Bertz CT molecular complexity index is 326. The van der Waals surface area contributed by atoms with Gasteiger partial charge in [-0.25, -0.2) is 0 Å². The Morgan fingerprint density at radius 3 is 2.43 bits per heavy atom. The smallest absolute Gasteiger partial charge is 0.307 e. The van der Waals surface area contributed by atoms with Crippen LogP contribution in [0.4, 0.5) is 0 Å². The summed E-state index contributed by atoms with van der Waals surface area (Å²) in [5, 5.41) is 17.0. The Balaban J connectivity index is 2.78. The van der Waals surface area contributed by atoms with Gasteiger partial charge in [0.2, 0.25) is 0 Å². The third-order valence-electron chi connectivity index (χ3n) is 1.62. The van der Waals surface area contributed by atoms with Crippen molar-refractivity contribution in [1.29, 1.82) is 0 Å². The molecule has 0 spiro atoms. The summed E-state index contributed by atoms with van der Waals surface area (Å²) < 4.78 is 0. The minimum absolute atomic E-state index is 0.0959. The Labute approximate surface area is 80.8 Å². The monoisotopic (exact) mass is 193 g/mol. The van der Waals surface area contributed by atoms with Gasteiger partial charge in [-0.3, -0.25) is 9.59 Å². The maximum atomic E-state index is 10.4. The first-order valence-electron chi connectivity index (χ1n) is 4.01. The SMILES string of the molecule is O=C(O)Cc1[c]ccc(CC(=O)O)c1. The number of aliphatic carboxylic acids is 2. The van der Waals surface area contributed by atoms with E-state index >= 15 is 0 Å². The number of hydrogen-bond donors (Lipinski definition) is 2. The molecule has 1 rings (SSSR count). The number of hydrogen-bond acceptors (Lipinski definition) is 2. The van der Waals surface area contributed by atoms with Crippen molar-refractivity contribution in [3.05, 3.63) is 35.4 Å². The first kappa shape index (κ1) is 10.2. The van der Waals surface area contributed by atoms with Crippen LogP contribution in [0.5, 0.6) is 0 Å². The third kappa shape index (κ3) is 3.26. The molecule has 0 atom stereocenters. The van der Waals surface area contributed by atoms with E-state index in [9.17, 15) is 9.59 Å². The van der Waals surface area contributed by atoms with Crippen molar-refractivity contribution in [2.75, 3.05) is 0 Å². The molecule has 0 saturated heterocycles. The molecule has 1 aromatic carbocycles. The van der Waals surface area contributed by atoms with E-state index in [1.807, 2.05) is 0 Å². The highest BCUT2D eigenvalue weighted by Gasteiger charge is 2.04. The average molecular weight is 193 g/mol. The molecule has 1 aromatic rings. The first-order valence-corrected chi connectivity index (χ1v) is 4.01. The Kier molecular flexibility index (Phi) is 3.23. The molecule has 0 amide bonds. The van der Waals surface area contributed by atoms with Gasteiger partial charge in [-0.2, -0.15) is 0 Å². The van der Waals surface area contributed by atoms with Gasteiger partial charge in [0.15, 0.2) is 0 Å². The molecule has 1 radical (unpaired) electrons. The summed E-state index contributed by atoms with van der Waals surface area (Å²) in [6, 6.07) is 7.43. The van der Waals surface area contributed by atoms with Crippen molar-refractivity contribution in [2.45, 2.75) is 12.8 Å². The summed E-state index contributed by atoms with van der Waals surface area (Å²) in [5.74, 6) is -1.88. The highest BCUT2D eigenvalue weighted by molar-refractivity contribution is 5.72. The average Bonchev–Trinajstić information content (AvgIpc) is 2.01. The van der Waals surface area contributed by atoms with Crippen LogP contribution in [0.25, 0.3) is 0 Å². The number of carboxylic acids is 2. The van der Waals surface area contributed by atoms with Crippen LogP contribution in [0.1, 0.15) is 11.1 Å². The second-order valence-electron chi connectivity index (χ2n) is 2.86. The molecule has 14 heavy (non-hydrogen) atoms. The summed E-state index contributed by atoms with van der Waals surface area (Å²) in [4.78, 5) is 20.7. The van der Waals surface area contributed by atoms with E-state index in [-0.39, 0.29) is 12.8 Å². The van der Waals surface area contributed by atoms with E-state index in [1.54, 1.807) is 12.1 Å². The van der Waals surface area contributed by atoms with Crippen LogP contribution in [0.3, 0.4) is 0 Å². The van der Waals surface area contributed by atoms with Crippen LogP contribution in [0, 0.1) is 6.07 Å². The van der Waals surface area contributed by atoms with Gasteiger partial charge in [0.25, 0.3) is 0 Å². The molecule has 73 valence electrons. The van der Waals surface area contributed by atoms with Crippen LogP contribution in [0.15, 0.2) is 18.2 Å². The van der Waals surface area contributed by atoms with E-state index in [1.165, 1.54) is 6.07 Å². The van der Waals surface area contributed by atoms with E-state index < -0.39 is 11.9 Å². The predicted molar refractivity (Wildman–Crippen MR) is 48.0 cm³/mol. The van der Waals surface area contributed by atoms with Gasteiger partial charge in [0.05, 0.1) is 12.8 Å².